The van der Waals surface area contributed by atoms with Crippen molar-refractivity contribution in [2.24, 2.45) is 0 Å². The summed E-state index contributed by atoms with van der Waals surface area (Å²) in [7, 11) is 0. The van der Waals surface area contributed by atoms with Gasteiger partial charge in [0.05, 0.1) is 11.6 Å². The summed E-state index contributed by atoms with van der Waals surface area (Å²) in [6.45, 7) is 8.44. The minimum Gasteiger partial charge on any atom is -0.444 e. The summed E-state index contributed by atoms with van der Waals surface area (Å²) >= 11 is 0. The molecule has 1 amide bonds. The molecular formula is C18H24N2O2. The van der Waals surface area contributed by atoms with Crippen molar-refractivity contribution in [1.29, 1.82) is 5.26 Å². The molecular weight excluding hydrogens is 276 g/mol. The van der Waals surface area contributed by atoms with E-state index in [0.29, 0.717) is 18.0 Å². The highest BCUT2D eigenvalue weighted by Crippen LogP contribution is 2.32. The number of nitrogens with zero attached hydrogens (tertiary/aromatic N) is 2. The SMILES string of the molecule is CC1CC(c2ccc(C#N)cc2)CCN1C(=O)OC(C)(C)C. The molecule has 1 heterocycles. The number of hydrogen-bond acceptors (Lipinski definition) is 3. The van der Waals surface area contributed by atoms with E-state index in [4.69, 9.17) is 10.00 Å². The predicted molar refractivity (Wildman–Crippen MR) is 85.5 cm³/mol. The van der Waals surface area contributed by atoms with Crippen molar-refractivity contribution in [3.63, 3.8) is 0 Å². The molecule has 0 saturated carbocycles. The minimum atomic E-state index is -0.458. The van der Waals surface area contributed by atoms with Crippen molar-refractivity contribution in [2.75, 3.05) is 6.54 Å². The number of likely N-dealkylation sites (tertiary alicyclic amines) is 1. The van der Waals surface area contributed by atoms with Crippen LogP contribution in [0.25, 0.3) is 0 Å². The molecule has 4 heteroatoms. The van der Waals surface area contributed by atoms with E-state index in [9.17, 15) is 4.79 Å². The summed E-state index contributed by atoms with van der Waals surface area (Å²) in [5, 5.41) is 8.86. The average molecular weight is 300 g/mol. The Morgan fingerprint density at radius 1 is 1.32 bits per heavy atom. The van der Waals surface area contributed by atoms with Crippen molar-refractivity contribution >= 4 is 6.09 Å². The van der Waals surface area contributed by atoms with Crippen LogP contribution in [0.3, 0.4) is 0 Å². The monoisotopic (exact) mass is 300 g/mol. The van der Waals surface area contributed by atoms with Gasteiger partial charge in [-0.05, 0) is 64.2 Å². The quantitative estimate of drug-likeness (QED) is 0.786. The van der Waals surface area contributed by atoms with Gasteiger partial charge in [-0.25, -0.2) is 4.79 Å². The van der Waals surface area contributed by atoms with Gasteiger partial charge in [0.2, 0.25) is 0 Å². The first kappa shape index (κ1) is 16.4. The maximum Gasteiger partial charge on any atom is 0.410 e. The van der Waals surface area contributed by atoms with Gasteiger partial charge >= 0.3 is 6.09 Å². The molecule has 1 saturated heterocycles. The number of carbonyl (C=O) groups is 1. The lowest BCUT2D eigenvalue weighted by molar-refractivity contribution is 0.0103. The zero-order chi connectivity index (χ0) is 16.3. The second-order valence-electron chi connectivity index (χ2n) is 6.98. The van der Waals surface area contributed by atoms with Crippen LogP contribution in [0.4, 0.5) is 4.79 Å². The Balaban J connectivity index is 2.00. The molecule has 0 bridgehead atoms. The number of carbonyl (C=O) groups excluding carboxylic acids is 1. The second-order valence-corrected chi connectivity index (χ2v) is 6.98. The smallest absolute Gasteiger partial charge is 0.410 e. The lowest BCUT2D eigenvalue weighted by Gasteiger charge is -2.38. The Labute approximate surface area is 132 Å². The molecule has 1 fully saturated rings. The third kappa shape index (κ3) is 4.00. The Morgan fingerprint density at radius 3 is 2.45 bits per heavy atom. The van der Waals surface area contributed by atoms with Gasteiger partial charge in [0, 0.05) is 12.6 Å². The number of nitriles is 1. The third-order valence-corrected chi connectivity index (χ3v) is 4.02. The van der Waals surface area contributed by atoms with E-state index in [0.717, 1.165) is 12.8 Å². The van der Waals surface area contributed by atoms with Crippen LogP contribution in [0.1, 0.15) is 57.6 Å². The zero-order valence-electron chi connectivity index (χ0n) is 13.8. The summed E-state index contributed by atoms with van der Waals surface area (Å²) in [5.74, 6) is 0.432. The van der Waals surface area contributed by atoms with Gasteiger partial charge in [-0.15, -0.1) is 0 Å². The van der Waals surface area contributed by atoms with Gasteiger partial charge in [0.15, 0.2) is 0 Å². The molecule has 1 aromatic rings. The van der Waals surface area contributed by atoms with Crippen LogP contribution in [0.15, 0.2) is 24.3 Å². The van der Waals surface area contributed by atoms with Gasteiger partial charge in [-0.3, -0.25) is 0 Å². The second kappa shape index (κ2) is 6.39. The predicted octanol–water partition coefficient (Wildman–Crippen LogP) is 4.06. The number of ether oxygens (including phenoxy) is 1. The van der Waals surface area contributed by atoms with Crippen molar-refractivity contribution in [1.82, 2.24) is 4.90 Å². The molecule has 1 aromatic carbocycles. The number of benzene rings is 1. The van der Waals surface area contributed by atoms with E-state index in [-0.39, 0.29) is 12.1 Å². The van der Waals surface area contributed by atoms with Crippen LogP contribution < -0.4 is 0 Å². The maximum absolute atomic E-state index is 12.2. The highest BCUT2D eigenvalue weighted by Gasteiger charge is 2.32. The zero-order valence-corrected chi connectivity index (χ0v) is 13.8. The summed E-state index contributed by atoms with van der Waals surface area (Å²) in [4.78, 5) is 14.0. The van der Waals surface area contributed by atoms with Crippen molar-refractivity contribution < 1.29 is 9.53 Å². The molecule has 1 aliphatic heterocycles. The molecule has 1 aliphatic rings. The fourth-order valence-electron chi connectivity index (χ4n) is 2.90. The van der Waals surface area contributed by atoms with Crippen LogP contribution in [0, 0.1) is 11.3 Å². The highest BCUT2D eigenvalue weighted by molar-refractivity contribution is 5.68. The van der Waals surface area contributed by atoms with E-state index in [1.165, 1.54) is 5.56 Å². The standard InChI is InChI=1S/C18H24N2O2/c1-13-11-16(15-7-5-14(12-19)6-8-15)9-10-20(13)17(21)22-18(2,3)4/h5-8,13,16H,9-11H2,1-4H3. The molecule has 0 aliphatic carbocycles. The van der Waals surface area contributed by atoms with Gasteiger partial charge < -0.3 is 9.64 Å². The number of hydrogen-bond donors (Lipinski definition) is 0. The third-order valence-electron chi connectivity index (χ3n) is 4.02. The van der Waals surface area contributed by atoms with Gasteiger partial charge in [0.25, 0.3) is 0 Å². The lowest BCUT2D eigenvalue weighted by atomic mass is 9.86. The Hall–Kier alpha value is -2.02. The van der Waals surface area contributed by atoms with Crippen molar-refractivity contribution in [3.05, 3.63) is 35.4 Å². The van der Waals surface area contributed by atoms with Crippen LogP contribution in [-0.4, -0.2) is 29.2 Å². The molecule has 0 N–H and O–H groups in total. The molecule has 2 atom stereocenters. The van der Waals surface area contributed by atoms with E-state index in [1.807, 2.05) is 49.9 Å². The Kier molecular flexibility index (Phi) is 4.75. The highest BCUT2D eigenvalue weighted by atomic mass is 16.6. The Bertz CT molecular complexity index is 566. The van der Waals surface area contributed by atoms with E-state index in [1.54, 1.807) is 0 Å². The molecule has 22 heavy (non-hydrogen) atoms. The lowest BCUT2D eigenvalue weighted by Crippen LogP contribution is -2.46. The normalized spacial score (nSPS) is 22.0. The fourth-order valence-corrected chi connectivity index (χ4v) is 2.90. The average Bonchev–Trinajstić information content (AvgIpc) is 2.45. The van der Waals surface area contributed by atoms with E-state index in [2.05, 4.69) is 13.0 Å². The molecule has 0 aromatic heterocycles. The Morgan fingerprint density at radius 2 is 1.95 bits per heavy atom. The topological polar surface area (TPSA) is 53.3 Å². The minimum absolute atomic E-state index is 0.157. The molecule has 4 nitrogen and oxygen atoms in total. The molecule has 118 valence electrons. The van der Waals surface area contributed by atoms with Crippen LogP contribution in [-0.2, 0) is 4.74 Å². The summed E-state index contributed by atoms with van der Waals surface area (Å²) in [6, 6.07) is 10.1. The van der Waals surface area contributed by atoms with E-state index < -0.39 is 5.60 Å². The first-order valence-corrected chi connectivity index (χ1v) is 7.80. The fraction of sp³-hybridized carbons (Fsp3) is 0.556. The first-order valence-electron chi connectivity index (χ1n) is 7.80. The van der Waals surface area contributed by atoms with Gasteiger partial charge in [-0.1, -0.05) is 12.1 Å². The molecule has 0 radical (unpaired) electrons. The summed E-state index contributed by atoms with van der Waals surface area (Å²) in [6.07, 6.45) is 1.62. The number of rotatable bonds is 1. The number of piperidine rings is 1. The maximum atomic E-state index is 12.2. The molecule has 0 spiro atoms. The first-order chi connectivity index (χ1) is 10.3. The summed E-state index contributed by atoms with van der Waals surface area (Å²) in [5.41, 5.74) is 1.47. The van der Waals surface area contributed by atoms with Gasteiger partial charge in [-0.2, -0.15) is 5.26 Å². The van der Waals surface area contributed by atoms with Crippen LogP contribution in [0.5, 0.6) is 0 Å². The summed E-state index contributed by atoms with van der Waals surface area (Å²) < 4.78 is 5.47. The van der Waals surface area contributed by atoms with Crippen molar-refractivity contribution in [2.45, 2.75) is 58.1 Å². The molecule has 2 unspecified atom stereocenters. The van der Waals surface area contributed by atoms with Gasteiger partial charge in [0.1, 0.15) is 5.60 Å². The van der Waals surface area contributed by atoms with Crippen LogP contribution >= 0.6 is 0 Å². The van der Waals surface area contributed by atoms with Crippen molar-refractivity contribution in [3.8, 4) is 6.07 Å². The van der Waals surface area contributed by atoms with Crippen LogP contribution in [0.2, 0.25) is 0 Å². The number of amides is 1. The van der Waals surface area contributed by atoms with E-state index >= 15 is 0 Å². The largest absolute Gasteiger partial charge is 0.444 e. The molecule has 2 rings (SSSR count).